The van der Waals surface area contributed by atoms with Crippen LogP contribution in [0.3, 0.4) is 0 Å². The molecule has 0 aliphatic rings. The fourth-order valence-corrected chi connectivity index (χ4v) is 0.882. The van der Waals surface area contributed by atoms with E-state index in [1.165, 1.54) is 14.2 Å². The molecule has 5 nitrogen and oxygen atoms in total. The van der Waals surface area contributed by atoms with Crippen LogP contribution in [0.1, 0.15) is 6.92 Å². The molecule has 0 aliphatic carbocycles. The first-order valence-electron chi connectivity index (χ1n) is 3.29. The molecular weight excluding hydrogens is 150 g/mol. The minimum atomic E-state index is -0.486. The van der Waals surface area contributed by atoms with Crippen molar-refractivity contribution in [1.29, 1.82) is 0 Å². The van der Waals surface area contributed by atoms with Gasteiger partial charge < -0.3 is 9.47 Å². The molecule has 0 fully saturated rings. The van der Waals surface area contributed by atoms with E-state index in [1.807, 2.05) is 0 Å². The highest BCUT2D eigenvalue weighted by Gasteiger charge is 2.20. The second kappa shape index (κ2) is 5.03. The van der Waals surface area contributed by atoms with Crippen LogP contribution in [0.4, 0.5) is 0 Å². The van der Waals surface area contributed by atoms with E-state index in [2.05, 4.69) is 0 Å². The Hall–Kier alpha value is -0.680. The van der Waals surface area contributed by atoms with Crippen LogP contribution in [0.25, 0.3) is 0 Å². The van der Waals surface area contributed by atoms with E-state index in [4.69, 9.17) is 9.47 Å². The van der Waals surface area contributed by atoms with Gasteiger partial charge in [0.05, 0.1) is 5.92 Å². The maximum absolute atomic E-state index is 10.0. The van der Waals surface area contributed by atoms with Crippen molar-refractivity contribution in [2.24, 2.45) is 5.92 Å². The molecule has 0 amide bonds. The molecule has 0 saturated heterocycles. The van der Waals surface area contributed by atoms with Gasteiger partial charge in [-0.15, -0.1) is 0 Å². The monoisotopic (exact) mass is 163 g/mol. The average Bonchev–Trinajstić information content (AvgIpc) is 1.88. The Kier molecular flexibility index (Phi) is 4.72. The number of methoxy groups -OCH3 is 2. The molecule has 0 bridgehead atoms. The van der Waals surface area contributed by atoms with E-state index in [-0.39, 0.29) is 17.4 Å². The van der Waals surface area contributed by atoms with Crippen LogP contribution < -0.4 is 0 Å². The molecule has 0 heterocycles. The van der Waals surface area contributed by atoms with Crippen molar-refractivity contribution in [3.8, 4) is 0 Å². The van der Waals surface area contributed by atoms with Gasteiger partial charge in [-0.2, -0.15) is 0 Å². The zero-order valence-electron chi connectivity index (χ0n) is 6.94. The lowest BCUT2D eigenvalue weighted by Gasteiger charge is -2.17. The smallest absolute Gasteiger partial charge is 0.211 e. The van der Waals surface area contributed by atoms with Crippen LogP contribution in [-0.2, 0) is 9.47 Å². The molecule has 0 aromatic heterocycles. The van der Waals surface area contributed by atoms with Gasteiger partial charge in [0.15, 0.2) is 6.29 Å². The Balaban J connectivity index is 3.78. The van der Waals surface area contributed by atoms with Crippen LogP contribution in [0.2, 0.25) is 0 Å². The molecule has 11 heavy (non-hydrogen) atoms. The van der Waals surface area contributed by atoms with E-state index < -0.39 is 6.29 Å². The third kappa shape index (κ3) is 3.90. The summed E-state index contributed by atoms with van der Waals surface area (Å²) in [6.45, 7) is 1.58. The van der Waals surface area contributed by atoms with Crippen LogP contribution in [0.15, 0.2) is 0 Å². The minimum absolute atomic E-state index is 0.133. The van der Waals surface area contributed by atoms with Gasteiger partial charge in [-0.3, -0.25) is 10.1 Å². The van der Waals surface area contributed by atoms with Gasteiger partial charge in [0.1, 0.15) is 0 Å². The first kappa shape index (κ1) is 10.3. The molecule has 1 atom stereocenters. The van der Waals surface area contributed by atoms with Crippen LogP contribution in [0.5, 0.6) is 0 Å². The Labute approximate surface area is 65.4 Å². The highest BCUT2D eigenvalue weighted by Crippen LogP contribution is 2.06. The van der Waals surface area contributed by atoms with Gasteiger partial charge in [0.2, 0.25) is 6.54 Å². The molecule has 0 radical (unpaired) electrons. The van der Waals surface area contributed by atoms with Gasteiger partial charge >= 0.3 is 0 Å². The third-order valence-corrected chi connectivity index (χ3v) is 1.37. The van der Waals surface area contributed by atoms with Crippen LogP contribution in [-0.4, -0.2) is 32.0 Å². The third-order valence-electron chi connectivity index (χ3n) is 1.37. The highest BCUT2D eigenvalue weighted by atomic mass is 16.7. The summed E-state index contributed by atoms with van der Waals surface area (Å²) in [7, 11) is 2.93. The van der Waals surface area contributed by atoms with Gasteiger partial charge in [-0.25, -0.2) is 0 Å². The molecule has 0 aromatic carbocycles. The summed E-state index contributed by atoms with van der Waals surface area (Å²) in [5, 5.41) is 10.0. The molecule has 0 aliphatic heterocycles. The number of hydrogen-bond donors (Lipinski definition) is 0. The number of ether oxygens (including phenoxy) is 2. The predicted octanol–water partition coefficient (Wildman–Crippen LogP) is 0.518. The van der Waals surface area contributed by atoms with Gasteiger partial charge in [0, 0.05) is 19.1 Å². The van der Waals surface area contributed by atoms with Crippen molar-refractivity contribution < 1.29 is 14.4 Å². The fourth-order valence-electron chi connectivity index (χ4n) is 0.882. The number of nitrogens with zero attached hydrogens (tertiary/aromatic N) is 1. The molecule has 66 valence electrons. The van der Waals surface area contributed by atoms with E-state index in [0.717, 1.165) is 0 Å². The van der Waals surface area contributed by atoms with Crippen molar-refractivity contribution in [2.45, 2.75) is 13.2 Å². The second-order valence-electron chi connectivity index (χ2n) is 2.33. The molecule has 0 saturated carbocycles. The Morgan fingerprint density at radius 3 is 2.18 bits per heavy atom. The van der Waals surface area contributed by atoms with Crippen molar-refractivity contribution >= 4 is 0 Å². The largest absolute Gasteiger partial charge is 0.355 e. The lowest BCUT2D eigenvalue weighted by molar-refractivity contribution is -0.492. The summed E-state index contributed by atoms with van der Waals surface area (Å²) in [6, 6.07) is 0. The van der Waals surface area contributed by atoms with Gasteiger partial charge in [-0.05, 0) is 0 Å². The van der Waals surface area contributed by atoms with Crippen LogP contribution in [0, 0.1) is 16.0 Å². The molecule has 5 heteroatoms. The molecule has 0 spiro atoms. The van der Waals surface area contributed by atoms with E-state index in [0.29, 0.717) is 0 Å². The minimum Gasteiger partial charge on any atom is -0.355 e. The fraction of sp³-hybridized carbons (Fsp3) is 1.00. The van der Waals surface area contributed by atoms with Gasteiger partial charge in [0.25, 0.3) is 0 Å². The predicted molar refractivity (Wildman–Crippen MR) is 38.8 cm³/mol. The Morgan fingerprint density at radius 2 is 1.91 bits per heavy atom. The van der Waals surface area contributed by atoms with E-state index >= 15 is 0 Å². The van der Waals surface area contributed by atoms with Crippen LogP contribution >= 0.6 is 0 Å². The summed E-state index contributed by atoms with van der Waals surface area (Å²) in [6.07, 6.45) is -0.486. The summed E-state index contributed by atoms with van der Waals surface area (Å²) in [5.41, 5.74) is 0. The van der Waals surface area contributed by atoms with Gasteiger partial charge in [-0.1, -0.05) is 6.92 Å². The Bertz CT molecular complexity index is 124. The quantitative estimate of drug-likeness (QED) is 0.336. The van der Waals surface area contributed by atoms with Crippen molar-refractivity contribution in [2.75, 3.05) is 20.8 Å². The first-order valence-corrected chi connectivity index (χ1v) is 3.29. The average molecular weight is 163 g/mol. The second-order valence-corrected chi connectivity index (χ2v) is 2.33. The molecular formula is C6H13NO4. The molecule has 0 aromatic rings. The standard InChI is InChI=1S/C6H13NO4/c1-5(4-7(8)9)6(10-2)11-3/h5-6H,4H2,1-3H3/t5-/m1/s1. The lowest BCUT2D eigenvalue weighted by Crippen LogP contribution is -2.28. The van der Waals surface area contributed by atoms with Crippen molar-refractivity contribution in [1.82, 2.24) is 0 Å². The zero-order chi connectivity index (χ0) is 8.85. The summed E-state index contributed by atoms with van der Waals surface area (Å²) in [5.74, 6) is -0.222. The topological polar surface area (TPSA) is 61.6 Å². The maximum Gasteiger partial charge on any atom is 0.211 e. The lowest BCUT2D eigenvalue weighted by atomic mass is 10.2. The van der Waals surface area contributed by atoms with Crippen molar-refractivity contribution in [3.63, 3.8) is 0 Å². The first-order chi connectivity index (χ1) is 5.11. The van der Waals surface area contributed by atoms with Crippen molar-refractivity contribution in [3.05, 3.63) is 10.1 Å². The number of hydrogen-bond acceptors (Lipinski definition) is 4. The summed E-state index contributed by atoms with van der Waals surface area (Å²) in [4.78, 5) is 9.66. The molecule has 0 unspecified atom stereocenters. The number of rotatable bonds is 5. The zero-order valence-corrected chi connectivity index (χ0v) is 6.94. The molecule has 0 N–H and O–H groups in total. The molecule has 0 rings (SSSR count). The summed E-state index contributed by atoms with van der Waals surface area (Å²) < 4.78 is 9.67. The summed E-state index contributed by atoms with van der Waals surface area (Å²) >= 11 is 0. The number of nitro groups is 1. The SMILES string of the molecule is COC(OC)[C@H](C)C[N+](=O)[O-]. The highest BCUT2D eigenvalue weighted by molar-refractivity contribution is 4.53. The Morgan fingerprint density at radius 1 is 1.45 bits per heavy atom. The normalized spacial score (nSPS) is 13.5. The van der Waals surface area contributed by atoms with E-state index in [1.54, 1.807) is 6.92 Å². The maximum atomic E-state index is 10.0. The van der Waals surface area contributed by atoms with E-state index in [9.17, 15) is 10.1 Å².